The Bertz CT molecular complexity index is 1030. The van der Waals surface area contributed by atoms with E-state index in [2.05, 4.69) is 4.74 Å². The molecular weight excluding hydrogens is 381 g/mol. The molecule has 8 heteroatoms. The van der Waals surface area contributed by atoms with Crippen molar-refractivity contribution in [2.45, 2.75) is 6.92 Å². The third kappa shape index (κ3) is 3.82. The Morgan fingerprint density at radius 1 is 1.07 bits per heavy atom. The Labute approximate surface area is 166 Å². The van der Waals surface area contributed by atoms with Gasteiger partial charge in [-0.15, -0.1) is 0 Å². The molecule has 0 saturated heterocycles. The second-order valence-electron chi connectivity index (χ2n) is 6.12. The number of esters is 1. The average molecular weight is 399 g/mol. The molecule has 0 bridgehead atoms. The molecule has 29 heavy (non-hydrogen) atoms. The Balaban J connectivity index is 2.10. The topological polar surface area (TPSA) is 82.1 Å². The molecule has 0 spiro atoms. The van der Waals surface area contributed by atoms with Crippen molar-refractivity contribution in [2.75, 3.05) is 25.7 Å². The first-order chi connectivity index (χ1) is 13.9. The van der Waals surface area contributed by atoms with Crippen LogP contribution in [0.3, 0.4) is 0 Å². The van der Waals surface area contributed by atoms with Crippen molar-refractivity contribution in [1.29, 1.82) is 0 Å². The summed E-state index contributed by atoms with van der Waals surface area (Å²) in [4.78, 5) is 37.2. The van der Waals surface area contributed by atoms with Crippen LogP contribution in [0, 0.1) is 5.82 Å². The number of fused-ring (bicyclic) bond motifs is 1. The summed E-state index contributed by atoms with van der Waals surface area (Å²) < 4.78 is 29.1. The lowest BCUT2D eigenvalue weighted by Gasteiger charge is -2.13. The van der Waals surface area contributed by atoms with Crippen LogP contribution in [0.15, 0.2) is 42.5 Å². The summed E-state index contributed by atoms with van der Waals surface area (Å²) in [7, 11) is 2.64. The third-order valence-corrected chi connectivity index (χ3v) is 4.31. The zero-order valence-electron chi connectivity index (χ0n) is 16.0. The fourth-order valence-electron chi connectivity index (χ4n) is 3.06. The van der Waals surface area contributed by atoms with Crippen molar-refractivity contribution >= 4 is 34.8 Å². The van der Waals surface area contributed by atoms with E-state index < -0.39 is 23.6 Å². The summed E-state index contributed by atoms with van der Waals surface area (Å²) in [6, 6.07) is 10.3. The first kappa shape index (κ1) is 20.1. The molecule has 1 aliphatic heterocycles. The predicted molar refractivity (Wildman–Crippen MR) is 102 cm³/mol. The summed E-state index contributed by atoms with van der Waals surface area (Å²) in [5.41, 5.74) is 1.15. The molecule has 2 aromatic rings. The number of imide groups is 1. The van der Waals surface area contributed by atoms with Crippen molar-refractivity contribution in [3.63, 3.8) is 0 Å². The van der Waals surface area contributed by atoms with Crippen LogP contribution in [-0.4, -0.2) is 38.6 Å². The molecule has 0 atom stereocenters. The third-order valence-electron chi connectivity index (χ3n) is 4.31. The molecule has 0 aliphatic carbocycles. The maximum absolute atomic E-state index is 13.7. The highest BCUT2D eigenvalue weighted by Crippen LogP contribution is 2.41. The van der Waals surface area contributed by atoms with Crippen molar-refractivity contribution < 1.29 is 33.0 Å². The molecule has 0 N–H and O–H groups in total. The molecule has 0 aromatic heterocycles. The van der Waals surface area contributed by atoms with Crippen molar-refractivity contribution in [3.05, 3.63) is 59.4 Å². The van der Waals surface area contributed by atoms with Gasteiger partial charge in [0.15, 0.2) is 6.61 Å². The molecule has 3 rings (SSSR count). The van der Waals surface area contributed by atoms with Gasteiger partial charge in [0.25, 0.3) is 5.91 Å². The van der Waals surface area contributed by atoms with Crippen LogP contribution >= 0.6 is 0 Å². The highest BCUT2D eigenvalue weighted by molar-refractivity contribution is 6.42. The van der Waals surface area contributed by atoms with E-state index in [4.69, 9.17) is 9.47 Å². The van der Waals surface area contributed by atoms with Crippen LogP contribution in [0.1, 0.15) is 18.1 Å². The lowest BCUT2D eigenvalue weighted by Crippen LogP contribution is -2.31. The van der Waals surface area contributed by atoms with E-state index in [1.54, 1.807) is 24.3 Å². The highest BCUT2D eigenvalue weighted by atomic mass is 19.1. The molecule has 7 nitrogen and oxygen atoms in total. The van der Waals surface area contributed by atoms with Gasteiger partial charge in [0, 0.05) is 18.1 Å². The molecule has 0 fully saturated rings. The molecule has 0 unspecified atom stereocenters. The zero-order valence-corrected chi connectivity index (χ0v) is 16.0. The minimum atomic E-state index is -0.615. The zero-order chi connectivity index (χ0) is 21.1. The standard InChI is InChI=1S/C21H18FNO6/c1-12(24)23-17-10-14(22)7-8-16(17)19(21(23)26)20(28-3)13-5-4-6-15(9-13)29-11-18(25)27-2/h4-10H,11H2,1-3H3. The highest BCUT2D eigenvalue weighted by Gasteiger charge is 2.38. The van der Waals surface area contributed by atoms with Crippen molar-refractivity contribution in [2.24, 2.45) is 0 Å². The van der Waals surface area contributed by atoms with Gasteiger partial charge in [-0.05, 0) is 30.3 Å². The number of benzene rings is 2. The number of carbonyl (C=O) groups excluding carboxylic acids is 3. The fourth-order valence-corrected chi connectivity index (χ4v) is 3.06. The SMILES string of the molecule is COC(=O)COc1cccc(C(OC)=C2C(=O)N(C(C)=O)c3cc(F)ccc32)c1. The fraction of sp³-hybridized carbons (Fsp3) is 0.190. The van der Waals surface area contributed by atoms with E-state index >= 15 is 0 Å². The second-order valence-corrected chi connectivity index (χ2v) is 6.12. The monoisotopic (exact) mass is 399 g/mol. The summed E-state index contributed by atoms with van der Waals surface area (Å²) in [6.45, 7) is 0.946. The summed E-state index contributed by atoms with van der Waals surface area (Å²) in [5, 5.41) is 0. The van der Waals surface area contributed by atoms with Crippen molar-refractivity contribution in [3.8, 4) is 5.75 Å². The Kier molecular flexibility index (Phi) is 5.63. The summed E-state index contributed by atoms with van der Waals surface area (Å²) in [6.07, 6.45) is 0. The van der Waals surface area contributed by atoms with Crippen molar-refractivity contribution in [1.82, 2.24) is 0 Å². The van der Waals surface area contributed by atoms with Gasteiger partial charge in [-0.25, -0.2) is 14.1 Å². The molecule has 150 valence electrons. The van der Waals surface area contributed by atoms with E-state index in [1.807, 2.05) is 0 Å². The van der Waals surface area contributed by atoms with Crippen LogP contribution in [0.25, 0.3) is 11.3 Å². The molecule has 0 saturated carbocycles. The van der Waals surface area contributed by atoms with Gasteiger partial charge < -0.3 is 14.2 Å². The maximum atomic E-state index is 13.7. The summed E-state index contributed by atoms with van der Waals surface area (Å²) in [5.74, 6) is -1.72. The van der Waals surface area contributed by atoms with E-state index in [0.717, 1.165) is 11.0 Å². The quantitative estimate of drug-likeness (QED) is 0.437. The van der Waals surface area contributed by atoms with Crippen LogP contribution in [0.4, 0.5) is 10.1 Å². The Hall–Kier alpha value is -3.68. The predicted octanol–water partition coefficient (Wildman–Crippen LogP) is 2.79. The van der Waals surface area contributed by atoms with Crippen LogP contribution in [0.5, 0.6) is 5.75 Å². The number of hydrogen-bond acceptors (Lipinski definition) is 6. The molecular formula is C21H18FNO6. The molecule has 0 radical (unpaired) electrons. The van der Waals surface area contributed by atoms with E-state index in [0.29, 0.717) is 16.9 Å². The average Bonchev–Trinajstić information content (AvgIpc) is 2.98. The smallest absolute Gasteiger partial charge is 0.343 e. The van der Waals surface area contributed by atoms with Crippen LogP contribution in [0.2, 0.25) is 0 Å². The minimum absolute atomic E-state index is 0.128. The number of rotatable bonds is 5. The number of hydrogen-bond donors (Lipinski definition) is 0. The maximum Gasteiger partial charge on any atom is 0.343 e. The lowest BCUT2D eigenvalue weighted by atomic mass is 10.0. The molecule has 2 amide bonds. The number of amides is 2. The first-order valence-corrected chi connectivity index (χ1v) is 8.60. The number of anilines is 1. The summed E-state index contributed by atoms with van der Waals surface area (Å²) >= 11 is 0. The Morgan fingerprint density at radius 2 is 1.83 bits per heavy atom. The molecule has 2 aromatic carbocycles. The first-order valence-electron chi connectivity index (χ1n) is 8.60. The van der Waals surface area contributed by atoms with Gasteiger partial charge in [0.1, 0.15) is 17.3 Å². The molecule has 1 heterocycles. The largest absolute Gasteiger partial charge is 0.495 e. The molecule has 1 aliphatic rings. The van der Waals surface area contributed by atoms with Crippen LogP contribution < -0.4 is 9.64 Å². The van der Waals surface area contributed by atoms with E-state index in [9.17, 15) is 18.8 Å². The van der Waals surface area contributed by atoms with Gasteiger partial charge in [-0.1, -0.05) is 12.1 Å². The van der Waals surface area contributed by atoms with Gasteiger partial charge in [0.2, 0.25) is 5.91 Å². The number of nitrogens with zero attached hydrogens (tertiary/aromatic N) is 1. The van der Waals surface area contributed by atoms with Gasteiger partial charge in [-0.2, -0.15) is 0 Å². The normalized spacial score (nSPS) is 14.3. The van der Waals surface area contributed by atoms with Crippen LogP contribution in [-0.2, 0) is 23.9 Å². The van der Waals surface area contributed by atoms with Gasteiger partial charge in [-0.3, -0.25) is 9.59 Å². The number of methoxy groups -OCH3 is 2. The van der Waals surface area contributed by atoms with E-state index in [1.165, 1.54) is 33.3 Å². The number of carbonyl (C=O) groups is 3. The Morgan fingerprint density at radius 3 is 2.48 bits per heavy atom. The second kappa shape index (κ2) is 8.14. The number of ether oxygens (including phenoxy) is 3. The van der Waals surface area contributed by atoms with Gasteiger partial charge in [0.05, 0.1) is 25.5 Å². The van der Waals surface area contributed by atoms with Gasteiger partial charge >= 0.3 is 5.97 Å². The van der Waals surface area contributed by atoms with E-state index in [-0.39, 0.29) is 23.6 Å². The lowest BCUT2D eigenvalue weighted by molar-refractivity contribution is -0.143. The number of halogens is 1. The minimum Gasteiger partial charge on any atom is -0.495 e.